The first-order valence-corrected chi connectivity index (χ1v) is 8.04. The zero-order valence-electron chi connectivity index (χ0n) is 10.9. The van der Waals surface area contributed by atoms with Gasteiger partial charge in [0.15, 0.2) is 0 Å². The highest BCUT2D eigenvalue weighted by Crippen LogP contribution is 2.33. The van der Waals surface area contributed by atoms with Crippen LogP contribution in [0.4, 0.5) is 11.4 Å². The summed E-state index contributed by atoms with van der Waals surface area (Å²) >= 11 is 4.85. The summed E-state index contributed by atoms with van der Waals surface area (Å²) in [7, 11) is 0. The van der Waals surface area contributed by atoms with Crippen LogP contribution in [0.5, 0.6) is 0 Å². The van der Waals surface area contributed by atoms with Crippen molar-refractivity contribution < 1.29 is 9.59 Å². The largest absolute Gasteiger partial charge is 0.324 e. The topological polar surface area (TPSA) is 58.2 Å². The Balaban J connectivity index is 1.82. The second-order valence-corrected chi connectivity index (χ2v) is 6.35. The Morgan fingerprint density at radius 3 is 2.86 bits per heavy atom. The highest BCUT2D eigenvalue weighted by molar-refractivity contribution is 9.10. The van der Waals surface area contributed by atoms with Gasteiger partial charge in [0, 0.05) is 15.1 Å². The van der Waals surface area contributed by atoms with Crippen LogP contribution < -0.4 is 10.6 Å². The van der Waals surface area contributed by atoms with E-state index in [0.29, 0.717) is 17.0 Å². The van der Waals surface area contributed by atoms with Crippen LogP contribution in [0.25, 0.3) is 0 Å². The molecular weight excluding hydrogens is 352 g/mol. The van der Waals surface area contributed by atoms with Crippen LogP contribution in [-0.4, -0.2) is 17.6 Å². The molecule has 4 nitrogen and oxygen atoms in total. The van der Waals surface area contributed by atoms with E-state index in [0.717, 1.165) is 15.1 Å². The van der Waals surface area contributed by atoms with Crippen LogP contribution in [0.1, 0.15) is 10.4 Å². The van der Waals surface area contributed by atoms with Gasteiger partial charge in [-0.25, -0.2) is 0 Å². The van der Waals surface area contributed by atoms with E-state index in [4.69, 9.17) is 0 Å². The molecule has 0 unspecified atom stereocenters. The first kappa shape index (κ1) is 14.2. The van der Waals surface area contributed by atoms with Gasteiger partial charge in [-0.05, 0) is 46.3 Å². The maximum atomic E-state index is 12.2. The van der Waals surface area contributed by atoms with E-state index in [1.54, 1.807) is 12.1 Å². The average Bonchev–Trinajstić information content (AvgIpc) is 2.47. The van der Waals surface area contributed by atoms with Gasteiger partial charge in [0.1, 0.15) is 0 Å². The van der Waals surface area contributed by atoms with Gasteiger partial charge in [0.05, 0.1) is 17.0 Å². The number of hydrogen-bond acceptors (Lipinski definition) is 3. The lowest BCUT2D eigenvalue weighted by atomic mass is 10.2. The third kappa shape index (κ3) is 3.11. The molecule has 21 heavy (non-hydrogen) atoms. The molecular formula is C15H11BrN2O2S. The minimum atomic E-state index is -0.197. The van der Waals surface area contributed by atoms with Crippen LogP contribution in [0, 0.1) is 0 Å². The molecule has 0 spiro atoms. The normalized spacial score (nSPS) is 13.3. The summed E-state index contributed by atoms with van der Waals surface area (Å²) in [6.45, 7) is 0. The Bertz CT molecular complexity index is 733. The molecule has 2 aromatic carbocycles. The van der Waals surface area contributed by atoms with Gasteiger partial charge in [-0.2, -0.15) is 0 Å². The van der Waals surface area contributed by atoms with Crippen molar-refractivity contribution in [3.8, 4) is 0 Å². The van der Waals surface area contributed by atoms with Crippen LogP contribution >= 0.6 is 27.7 Å². The second-order valence-electron chi connectivity index (χ2n) is 4.48. The number of hydrogen-bond donors (Lipinski definition) is 2. The van der Waals surface area contributed by atoms with Crippen LogP contribution in [0.15, 0.2) is 51.8 Å². The molecule has 0 saturated heterocycles. The zero-order chi connectivity index (χ0) is 14.8. The molecule has 1 aliphatic heterocycles. The standard InChI is InChI=1S/C15H11BrN2O2S/c16-11-4-2-1-3-10(11)15(20)17-9-5-6-13-12(7-9)18-14(19)8-21-13/h1-7H,8H2,(H,17,20)(H,18,19). The number of anilines is 2. The summed E-state index contributed by atoms with van der Waals surface area (Å²) in [6.07, 6.45) is 0. The van der Waals surface area contributed by atoms with Gasteiger partial charge in [0.2, 0.25) is 5.91 Å². The maximum absolute atomic E-state index is 12.2. The Morgan fingerprint density at radius 2 is 2.05 bits per heavy atom. The predicted octanol–water partition coefficient (Wildman–Crippen LogP) is 3.75. The predicted molar refractivity (Wildman–Crippen MR) is 87.9 cm³/mol. The SMILES string of the molecule is O=C1CSc2ccc(NC(=O)c3ccccc3Br)cc2N1. The fourth-order valence-corrected chi connectivity index (χ4v) is 3.26. The number of benzene rings is 2. The van der Waals surface area contributed by atoms with Crippen molar-refractivity contribution in [1.29, 1.82) is 0 Å². The summed E-state index contributed by atoms with van der Waals surface area (Å²) in [6, 6.07) is 12.7. The summed E-state index contributed by atoms with van der Waals surface area (Å²) in [5.74, 6) is 0.203. The second kappa shape index (κ2) is 5.91. The number of rotatable bonds is 2. The molecule has 2 amide bonds. The van der Waals surface area contributed by atoms with E-state index in [-0.39, 0.29) is 11.8 Å². The number of carbonyl (C=O) groups excluding carboxylic acids is 2. The lowest BCUT2D eigenvalue weighted by Crippen LogP contribution is -2.19. The quantitative estimate of drug-likeness (QED) is 0.855. The summed E-state index contributed by atoms with van der Waals surface area (Å²) in [4.78, 5) is 24.6. The van der Waals surface area contributed by atoms with Gasteiger partial charge >= 0.3 is 0 Å². The van der Waals surface area contributed by atoms with Crippen molar-refractivity contribution in [1.82, 2.24) is 0 Å². The number of nitrogens with one attached hydrogen (secondary N) is 2. The molecule has 2 aromatic rings. The molecule has 0 radical (unpaired) electrons. The smallest absolute Gasteiger partial charge is 0.256 e. The molecule has 0 fully saturated rings. The first-order chi connectivity index (χ1) is 10.1. The van der Waals surface area contributed by atoms with E-state index in [9.17, 15) is 9.59 Å². The van der Waals surface area contributed by atoms with Crippen molar-refractivity contribution in [2.24, 2.45) is 0 Å². The summed E-state index contributed by atoms with van der Waals surface area (Å²) in [5.41, 5.74) is 1.95. The fourth-order valence-electron chi connectivity index (χ4n) is 2.00. The number of amides is 2. The minimum absolute atomic E-state index is 0.0261. The maximum Gasteiger partial charge on any atom is 0.256 e. The Hall–Kier alpha value is -1.79. The summed E-state index contributed by atoms with van der Waals surface area (Å²) < 4.78 is 0.740. The van der Waals surface area contributed by atoms with Crippen molar-refractivity contribution >= 4 is 50.9 Å². The third-order valence-electron chi connectivity index (χ3n) is 2.99. The van der Waals surface area contributed by atoms with E-state index >= 15 is 0 Å². The molecule has 2 N–H and O–H groups in total. The third-order valence-corrected chi connectivity index (χ3v) is 4.75. The number of halogens is 1. The lowest BCUT2D eigenvalue weighted by molar-refractivity contribution is -0.113. The van der Waals surface area contributed by atoms with Gasteiger partial charge in [-0.15, -0.1) is 11.8 Å². The highest BCUT2D eigenvalue weighted by Gasteiger charge is 2.16. The molecule has 0 aromatic heterocycles. The molecule has 6 heteroatoms. The van der Waals surface area contributed by atoms with Gasteiger partial charge in [-0.1, -0.05) is 12.1 Å². The van der Waals surface area contributed by atoms with Crippen molar-refractivity contribution in [2.75, 3.05) is 16.4 Å². The average molecular weight is 363 g/mol. The highest BCUT2D eigenvalue weighted by atomic mass is 79.9. The molecule has 0 bridgehead atoms. The van der Waals surface area contributed by atoms with Crippen LogP contribution in [-0.2, 0) is 4.79 Å². The Kier molecular flexibility index (Phi) is 3.98. The van der Waals surface area contributed by atoms with E-state index in [1.807, 2.05) is 30.3 Å². The molecule has 3 rings (SSSR count). The van der Waals surface area contributed by atoms with E-state index < -0.39 is 0 Å². The molecule has 1 aliphatic rings. The van der Waals surface area contributed by atoms with Gasteiger partial charge < -0.3 is 10.6 Å². The zero-order valence-corrected chi connectivity index (χ0v) is 13.3. The van der Waals surface area contributed by atoms with E-state index in [1.165, 1.54) is 11.8 Å². The fraction of sp³-hybridized carbons (Fsp3) is 0.0667. The lowest BCUT2D eigenvalue weighted by Gasteiger charge is -2.17. The summed E-state index contributed by atoms with van der Waals surface area (Å²) in [5, 5.41) is 5.64. The molecule has 106 valence electrons. The van der Waals surface area contributed by atoms with Crippen molar-refractivity contribution in [3.05, 3.63) is 52.5 Å². The molecule has 0 saturated carbocycles. The monoisotopic (exact) mass is 362 g/mol. The minimum Gasteiger partial charge on any atom is -0.324 e. The Morgan fingerprint density at radius 1 is 1.24 bits per heavy atom. The Labute approximate surface area is 134 Å². The van der Waals surface area contributed by atoms with Crippen LogP contribution in [0.2, 0.25) is 0 Å². The van der Waals surface area contributed by atoms with Gasteiger partial charge in [-0.3, -0.25) is 9.59 Å². The first-order valence-electron chi connectivity index (χ1n) is 6.26. The molecule has 0 aliphatic carbocycles. The van der Waals surface area contributed by atoms with E-state index in [2.05, 4.69) is 26.6 Å². The van der Waals surface area contributed by atoms with Crippen molar-refractivity contribution in [3.63, 3.8) is 0 Å². The number of carbonyl (C=O) groups is 2. The van der Waals surface area contributed by atoms with Crippen LogP contribution in [0.3, 0.4) is 0 Å². The number of thioether (sulfide) groups is 1. The number of fused-ring (bicyclic) bond motifs is 1. The molecule has 0 atom stereocenters. The van der Waals surface area contributed by atoms with Gasteiger partial charge in [0.25, 0.3) is 5.91 Å². The van der Waals surface area contributed by atoms with Crippen molar-refractivity contribution in [2.45, 2.75) is 4.90 Å². The molecule has 1 heterocycles.